The van der Waals surface area contributed by atoms with E-state index in [1.807, 2.05) is 30.3 Å². The van der Waals surface area contributed by atoms with Gasteiger partial charge in [-0.2, -0.15) is 0 Å². The first kappa shape index (κ1) is 13.5. The molecule has 2 aromatic carbocycles. The van der Waals surface area contributed by atoms with E-state index in [2.05, 4.69) is 5.32 Å². The van der Waals surface area contributed by atoms with Crippen LogP contribution in [0, 0.1) is 10.1 Å². The molecule has 102 valence electrons. The summed E-state index contributed by atoms with van der Waals surface area (Å²) in [6.45, 7) is 0.259. The van der Waals surface area contributed by atoms with Crippen LogP contribution >= 0.6 is 0 Å². The third kappa shape index (κ3) is 3.32. The largest absolute Gasteiger partial charge is 0.486 e. The Labute approximate surface area is 115 Å². The zero-order valence-corrected chi connectivity index (χ0v) is 10.5. The van der Waals surface area contributed by atoms with Crippen molar-refractivity contribution in [3.8, 4) is 5.75 Å². The van der Waals surface area contributed by atoms with E-state index in [1.165, 1.54) is 18.2 Å². The number of non-ortho nitro benzene ring substituents is 1. The average molecular weight is 272 g/mol. The Morgan fingerprint density at radius 3 is 2.60 bits per heavy atom. The molecular weight excluding hydrogens is 260 g/mol. The highest BCUT2D eigenvalue weighted by Gasteiger charge is 2.11. The minimum absolute atomic E-state index is 0.0930. The topological polar surface area (TPSA) is 81.5 Å². The second-order valence-corrected chi connectivity index (χ2v) is 3.97. The van der Waals surface area contributed by atoms with Crippen LogP contribution in [0.25, 0.3) is 0 Å². The van der Waals surface area contributed by atoms with Gasteiger partial charge in [0.05, 0.1) is 16.7 Å². The number of amides is 1. The molecule has 0 bridgehead atoms. The van der Waals surface area contributed by atoms with Gasteiger partial charge in [-0.3, -0.25) is 14.9 Å². The molecule has 2 rings (SSSR count). The molecule has 0 radical (unpaired) electrons. The Kier molecular flexibility index (Phi) is 4.28. The first-order valence-electron chi connectivity index (χ1n) is 5.86. The summed E-state index contributed by atoms with van der Waals surface area (Å²) in [6.07, 6.45) is 0.497. The second kappa shape index (κ2) is 6.33. The molecule has 0 saturated carbocycles. The van der Waals surface area contributed by atoms with Crippen LogP contribution in [0.15, 0.2) is 48.5 Å². The van der Waals surface area contributed by atoms with E-state index in [1.54, 1.807) is 0 Å². The minimum Gasteiger partial charge on any atom is -0.486 e. The van der Waals surface area contributed by atoms with Crippen LogP contribution in [0.1, 0.15) is 5.56 Å². The number of ether oxygens (including phenoxy) is 1. The fourth-order valence-corrected chi connectivity index (χ4v) is 1.66. The molecule has 0 heterocycles. The van der Waals surface area contributed by atoms with Gasteiger partial charge in [0.1, 0.15) is 12.4 Å². The number of nitrogens with zero attached hydrogens (tertiary/aromatic N) is 1. The monoisotopic (exact) mass is 272 g/mol. The molecule has 0 aliphatic heterocycles. The second-order valence-electron chi connectivity index (χ2n) is 3.97. The van der Waals surface area contributed by atoms with Crippen LogP contribution in [0.2, 0.25) is 0 Å². The highest BCUT2D eigenvalue weighted by atomic mass is 16.6. The molecule has 1 amide bonds. The Morgan fingerprint density at radius 1 is 1.20 bits per heavy atom. The number of nitro benzene ring substituents is 1. The highest BCUT2D eigenvalue weighted by Crippen LogP contribution is 2.29. The van der Waals surface area contributed by atoms with E-state index < -0.39 is 4.92 Å². The van der Waals surface area contributed by atoms with E-state index in [9.17, 15) is 14.9 Å². The summed E-state index contributed by atoms with van der Waals surface area (Å²) in [6, 6.07) is 13.4. The molecule has 0 aliphatic rings. The molecule has 6 nitrogen and oxygen atoms in total. The SMILES string of the molecule is O=CNc1ccc([N+](=O)[O-])cc1OCc1ccccc1. The van der Waals surface area contributed by atoms with Crippen LogP contribution in [0.4, 0.5) is 11.4 Å². The lowest BCUT2D eigenvalue weighted by atomic mass is 10.2. The molecule has 0 atom stereocenters. The van der Waals surface area contributed by atoms with Gasteiger partial charge in [0.2, 0.25) is 6.41 Å². The van der Waals surface area contributed by atoms with E-state index in [4.69, 9.17) is 4.74 Å². The van der Waals surface area contributed by atoms with Crippen LogP contribution < -0.4 is 10.1 Å². The van der Waals surface area contributed by atoms with Crippen molar-refractivity contribution in [2.45, 2.75) is 6.61 Å². The van der Waals surface area contributed by atoms with E-state index >= 15 is 0 Å². The summed E-state index contributed by atoms with van der Waals surface area (Å²) in [7, 11) is 0. The van der Waals surface area contributed by atoms with Crippen LogP contribution in [0.3, 0.4) is 0 Å². The lowest BCUT2D eigenvalue weighted by molar-refractivity contribution is -0.384. The minimum atomic E-state index is -0.514. The third-order valence-electron chi connectivity index (χ3n) is 2.63. The van der Waals surface area contributed by atoms with Gasteiger partial charge < -0.3 is 10.1 Å². The van der Waals surface area contributed by atoms with Crippen molar-refractivity contribution in [3.63, 3.8) is 0 Å². The van der Waals surface area contributed by atoms with Crippen LogP contribution in [-0.4, -0.2) is 11.3 Å². The molecule has 0 fully saturated rings. The molecule has 20 heavy (non-hydrogen) atoms. The molecule has 6 heteroatoms. The molecule has 1 N–H and O–H groups in total. The summed E-state index contributed by atoms with van der Waals surface area (Å²) in [4.78, 5) is 20.8. The van der Waals surface area contributed by atoms with Crippen molar-refractivity contribution >= 4 is 17.8 Å². The van der Waals surface area contributed by atoms with Gasteiger partial charge in [-0.1, -0.05) is 30.3 Å². The third-order valence-corrected chi connectivity index (χ3v) is 2.63. The number of nitro groups is 1. The van der Waals surface area contributed by atoms with E-state index in [0.717, 1.165) is 5.56 Å². The van der Waals surface area contributed by atoms with Gasteiger partial charge in [0.15, 0.2) is 0 Å². The number of hydrogen-bond acceptors (Lipinski definition) is 4. The zero-order valence-electron chi connectivity index (χ0n) is 10.5. The smallest absolute Gasteiger partial charge is 0.273 e. The molecule has 0 unspecified atom stereocenters. The maximum atomic E-state index is 10.8. The molecular formula is C14H12N2O4. The summed E-state index contributed by atoms with van der Waals surface area (Å²) in [5, 5.41) is 13.2. The lowest BCUT2D eigenvalue weighted by Gasteiger charge is -2.10. The lowest BCUT2D eigenvalue weighted by Crippen LogP contribution is -2.02. The van der Waals surface area contributed by atoms with Crippen molar-refractivity contribution in [1.29, 1.82) is 0 Å². The molecule has 0 saturated heterocycles. The van der Waals surface area contributed by atoms with Gasteiger partial charge in [0, 0.05) is 6.07 Å². The number of nitrogens with one attached hydrogen (secondary N) is 1. The number of anilines is 1. The average Bonchev–Trinajstić information content (AvgIpc) is 2.47. The fourth-order valence-electron chi connectivity index (χ4n) is 1.66. The summed E-state index contributed by atoms with van der Waals surface area (Å²) < 4.78 is 5.54. The fraction of sp³-hybridized carbons (Fsp3) is 0.0714. The quantitative estimate of drug-likeness (QED) is 0.498. The van der Waals surface area contributed by atoms with Crippen molar-refractivity contribution in [3.05, 3.63) is 64.2 Å². The van der Waals surface area contributed by atoms with Gasteiger partial charge in [-0.15, -0.1) is 0 Å². The molecule has 0 aromatic heterocycles. The Balaban J connectivity index is 2.21. The Hall–Kier alpha value is -2.89. The Morgan fingerprint density at radius 2 is 1.95 bits per heavy atom. The van der Waals surface area contributed by atoms with Gasteiger partial charge in [0.25, 0.3) is 5.69 Å². The van der Waals surface area contributed by atoms with E-state index in [-0.39, 0.29) is 18.0 Å². The van der Waals surface area contributed by atoms with Crippen molar-refractivity contribution in [2.24, 2.45) is 0 Å². The number of carbonyl (C=O) groups is 1. The predicted octanol–water partition coefficient (Wildman–Crippen LogP) is 2.74. The van der Waals surface area contributed by atoms with Crippen molar-refractivity contribution < 1.29 is 14.5 Å². The molecule has 0 spiro atoms. The zero-order chi connectivity index (χ0) is 14.4. The maximum Gasteiger partial charge on any atom is 0.273 e. The number of benzene rings is 2. The Bertz CT molecular complexity index is 614. The van der Waals surface area contributed by atoms with Gasteiger partial charge in [-0.25, -0.2) is 0 Å². The number of carbonyl (C=O) groups excluding carboxylic acids is 1. The van der Waals surface area contributed by atoms with Crippen molar-refractivity contribution in [2.75, 3.05) is 5.32 Å². The van der Waals surface area contributed by atoms with Gasteiger partial charge in [-0.05, 0) is 11.6 Å². The number of rotatable bonds is 6. The highest BCUT2D eigenvalue weighted by molar-refractivity contribution is 5.76. The van der Waals surface area contributed by atoms with Crippen LogP contribution in [0.5, 0.6) is 5.75 Å². The predicted molar refractivity (Wildman–Crippen MR) is 73.6 cm³/mol. The maximum absolute atomic E-state index is 10.8. The number of hydrogen-bond donors (Lipinski definition) is 1. The summed E-state index contributed by atoms with van der Waals surface area (Å²) in [5.41, 5.74) is 1.22. The van der Waals surface area contributed by atoms with Crippen LogP contribution in [-0.2, 0) is 11.4 Å². The standard InChI is InChI=1S/C14H12N2O4/c17-10-15-13-7-6-12(16(18)19)8-14(13)20-9-11-4-2-1-3-5-11/h1-8,10H,9H2,(H,15,17). The molecule has 2 aromatic rings. The normalized spacial score (nSPS) is 9.80. The van der Waals surface area contributed by atoms with Gasteiger partial charge >= 0.3 is 0 Å². The summed E-state index contributed by atoms with van der Waals surface area (Å²) in [5.74, 6) is 0.259. The van der Waals surface area contributed by atoms with E-state index in [0.29, 0.717) is 12.1 Å². The summed E-state index contributed by atoms with van der Waals surface area (Å²) >= 11 is 0. The first-order chi connectivity index (χ1) is 9.70. The first-order valence-corrected chi connectivity index (χ1v) is 5.86. The molecule has 0 aliphatic carbocycles. The van der Waals surface area contributed by atoms with Crippen molar-refractivity contribution in [1.82, 2.24) is 0 Å².